The number of hydrogen-bond acceptors (Lipinski definition) is 4. The van der Waals surface area contributed by atoms with Crippen molar-refractivity contribution in [1.29, 1.82) is 0 Å². The van der Waals surface area contributed by atoms with Crippen molar-refractivity contribution >= 4 is 18.0 Å². The van der Waals surface area contributed by atoms with Gasteiger partial charge < -0.3 is 24.9 Å². The number of carbonyl (C=O) groups is 3. The molecule has 0 unspecified atom stereocenters. The molecular formula is C11H21N3O5. The molecule has 8 heteroatoms. The van der Waals surface area contributed by atoms with Crippen LogP contribution in [-0.2, 0) is 9.59 Å². The van der Waals surface area contributed by atoms with Gasteiger partial charge in [0.05, 0.1) is 0 Å². The molecule has 0 saturated heterocycles. The molecule has 0 aromatic heterocycles. The van der Waals surface area contributed by atoms with Crippen molar-refractivity contribution in [3.8, 4) is 0 Å². The average Bonchev–Trinajstić information content (AvgIpc) is 2.25. The molecule has 110 valence electrons. The molecule has 0 fully saturated rings. The van der Waals surface area contributed by atoms with E-state index >= 15 is 0 Å². The number of carbonyl (C=O) groups excluding carboxylic acids is 1. The molecule has 0 aliphatic rings. The molecule has 2 amide bonds. The first-order chi connectivity index (χ1) is 8.73. The molecule has 0 atom stereocenters. The van der Waals surface area contributed by atoms with Gasteiger partial charge in [-0.25, -0.2) is 4.79 Å². The quantitative estimate of drug-likeness (QED) is 0.617. The molecule has 0 spiro atoms. The van der Waals surface area contributed by atoms with E-state index in [0.717, 1.165) is 17.9 Å². The normalized spacial score (nSPS) is 10.3. The van der Waals surface area contributed by atoms with Crippen LogP contribution in [0.5, 0.6) is 0 Å². The molecule has 0 aliphatic heterocycles. The van der Waals surface area contributed by atoms with Gasteiger partial charge in [-0.2, -0.15) is 0 Å². The van der Waals surface area contributed by atoms with Gasteiger partial charge in [-0.05, 0) is 27.1 Å². The number of hydrogen-bond donors (Lipinski definition) is 2. The Labute approximate surface area is 112 Å². The van der Waals surface area contributed by atoms with Gasteiger partial charge in [0.25, 0.3) is 0 Å². The van der Waals surface area contributed by atoms with E-state index in [0.29, 0.717) is 6.54 Å². The number of amides is 2. The Morgan fingerprint density at radius 1 is 0.895 bits per heavy atom. The summed E-state index contributed by atoms with van der Waals surface area (Å²) in [5.41, 5.74) is 0. The van der Waals surface area contributed by atoms with Crippen LogP contribution in [0.25, 0.3) is 0 Å². The molecule has 19 heavy (non-hydrogen) atoms. The first-order valence-corrected chi connectivity index (χ1v) is 5.82. The number of carboxylic acid groups (broad SMARTS) is 2. The van der Waals surface area contributed by atoms with Gasteiger partial charge >= 0.3 is 18.0 Å². The molecule has 0 saturated carbocycles. The zero-order chi connectivity index (χ0) is 15.0. The number of nitrogens with zero attached hydrogens (tertiary/aromatic N) is 3. The lowest BCUT2D eigenvalue weighted by atomic mass is 10.4. The highest BCUT2D eigenvalue weighted by atomic mass is 16.4. The molecule has 0 heterocycles. The van der Waals surface area contributed by atoms with E-state index in [1.54, 1.807) is 0 Å². The fraction of sp³-hybridized carbons (Fsp3) is 0.727. The van der Waals surface area contributed by atoms with Crippen molar-refractivity contribution in [3.05, 3.63) is 0 Å². The minimum atomic E-state index is -1.24. The van der Waals surface area contributed by atoms with Gasteiger partial charge in [0.15, 0.2) is 0 Å². The Morgan fingerprint density at radius 2 is 1.37 bits per heavy atom. The molecule has 8 nitrogen and oxygen atoms in total. The molecule has 2 N–H and O–H groups in total. The van der Waals surface area contributed by atoms with Crippen LogP contribution < -0.4 is 0 Å². The van der Waals surface area contributed by atoms with E-state index in [2.05, 4.69) is 0 Å². The second-order valence-corrected chi connectivity index (χ2v) is 4.50. The minimum Gasteiger partial charge on any atom is -0.480 e. The highest BCUT2D eigenvalue weighted by Gasteiger charge is 2.22. The highest BCUT2D eigenvalue weighted by molar-refractivity contribution is 5.84. The van der Waals surface area contributed by atoms with Gasteiger partial charge in [-0.1, -0.05) is 0 Å². The Balaban J connectivity index is 4.42. The van der Waals surface area contributed by atoms with Crippen LogP contribution in [0.4, 0.5) is 4.79 Å². The highest BCUT2D eigenvalue weighted by Crippen LogP contribution is 1.99. The SMILES string of the molecule is CN(C)CCCN(C)C(=O)N(CC(=O)O)CC(=O)O. The molecule has 0 aromatic rings. The van der Waals surface area contributed by atoms with Crippen molar-refractivity contribution in [3.63, 3.8) is 0 Å². The van der Waals surface area contributed by atoms with Gasteiger partial charge in [-0.3, -0.25) is 9.59 Å². The second-order valence-electron chi connectivity index (χ2n) is 4.50. The fourth-order valence-electron chi connectivity index (χ4n) is 1.48. The second kappa shape index (κ2) is 8.30. The summed E-state index contributed by atoms with van der Waals surface area (Å²) in [7, 11) is 5.33. The van der Waals surface area contributed by atoms with Crippen LogP contribution >= 0.6 is 0 Å². The Kier molecular flexibility index (Phi) is 7.50. The van der Waals surface area contributed by atoms with Crippen LogP contribution in [-0.4, -0.2) is 90.2 Å². The maximum absolute atomic E-state index is 11.9. The van der Waals surface area contributed by atoms with E-state index in [1.165, 1.54) is 11.9 Å². The number of carboxylic acids is 2. The lowest BCUT2D eigenvalue weighted by Crippen LogP contribution is -2.46. The van der Waals surface area contributed by atoms with Gasteiger partial charge in [0.1, 0.15) is 13.1 Å². The standard InChI is InChI=1S/C11H21N3O5/c1-12(2)5-4-6-13(3)11(19)14(7-9(15)16)8-10(17)18/h4-8H2,1-3H3,(H,15,16)(H,17,18). The van der Waals surface area contributed by atoms with Crippen LogP contribution in [0.15, 0.2) is 0 Å². The average molecular weight is 275 g/mol. The Morgan fingerprint density at radius 3 is 1.74 bits per heavy atom. The van der Waals surface area contributed by atoms with Crippen molar-refractivity contribution in [2.24, 2.45) is 0 Å². The minimum absolute atomic E-state index is 0.437. The largest absolute Gasteiger partial charge is 0.480 e. The third-order valence-electron chi connectivity index (χ3n) is 2.35. The first kappa shape index (κ1) is 17.2. The van der Waals surface area contributed by atoms with Crippen LogP contribution in [0.1, 0.15) is 6.42 Å². The fourth-order valence-corrected chi connectivity index (χ4v) is 1.48. The topological polar surface area (TPSA) is 101 Å². The number of aliphatic carboxylic acids is 2. The molecule has 0 radical (unpaired) electrons. The van der Waals surface area contributed by atoms with Gasteiger partial charge in [0, 0.05) is 13.6 Å². The summed E-state index contributed by atoms with van der Waals surface area (Å²) in [5, 5.41) is 17.3. The van der Waals surface area contributed by atoms with E-state index in [4.69, 9.17) is 10.2 Å². The Hall–Kier alpha value is -1.83. The third kappa shape index (κ3) is 7.98. The monoisotopic (exact) mass is 275 g/mol. The van der Waals surface area contributed by atoms with E-state index < -0.39 is 31.1 Å². The predicted octanol–water partition coefficient (Wildman–Crippen LogP) is -0.539. The van der Waals surface area contributed by atoms with Crippen LogP contribution in [0.2, 0.25) is 0 Å². The smallest absolute Gasteiger partial charge is 0.323 e. The summed E-state index contributed by atoms with van der Waals surface area (Å²) in [6.45, 7) is -0.0193. The molecular weight excluding hydrogens is 254 g/mol. The van der Waals surface area contributed by atoms with Crippen LogP contribution in [0, 0.1) is 0 Å². The van der Waals surface area contributed by atoms with E-state index in [1.807, 2.05) is 19.0 Å². The third-order valence-corrected chi connectivity index (χ3v) is 2.35. The summed E-state index contributed by atoms with van der Waals surface area (Å²) in [4.78, 5) is 37.2. The lowest BCUT2D eigenvalue weighted by molar-refractivity contribution is -0.140. The lowest BCUT2D eigenvalue weighted by Gasteiger charge is -2.26. The van der Waals surface area contributed by atoms with Crippen molar-refractivity contribution in [2.45, 2.75) is 6.42 Å². The molecule has 0 aliphatic carbocycles. The van der Waals surface area contributed by atoms with Gasteiger partial charge in [0.2, 0.25) is 0 Å². The molecule has 0 aromatic carbocycles. The molecule has 0 rings (SSSR count). The summed E-state index contributed by atoms with van der Waals surface area (Å²) < 4.78 is 0. The zero-order valence-electron chi connectivity index (χ0n) is 11.5. The summed E-state index contributed by atoms with van der Waals surface area (Å²) in [5.74, 6) is -2.48. The summed E-state index contributed by atoms with van der Waals surface area (Å²) in [6, 6.07) is -0.594. The van der Waals surface area contributed by atoms with E-state index in [9.17, 15) is 14.4 Å². The summed E-state index contributed by atoms with van der Waals surface area (Å²) in [6.07, 6.45) is 0.725. The summed E-state index contributed by atoms with van der Waals surface area (Å²) >= 11 is 0. The van der Waals surface area contributed by atoms with Crippen molar-refractivity contribution < 1.29 is 24.6 Å². The Bertz CT molecular complexity index is 316. The number of rotatable bonds is 8. The van der Waals surface area contributed by atoms with Crippen LogP contribution in [0.3, 0.4) is 0 Å². The van der Waals surface area contributed by atoms with Crippen molar-refractivity contribution in [2.75, 3.05) is 47.3 Å². The van der Waals surface area contributed by atoms with Gasteiger partial charge in [-0.15, -0.1) is 0 Å². The van der Waals surface area contributed by atoms with Crippen molar-refractivity contribution in [1.82, 2.24) is 14.7 Å². The number of urea groups is 1. The predicted molar refractivity (Wildman–Crippen MR) is 68.0 cm³/mol. The molecule has 0 bridgehead atoms. The maximum atomic E-state index is 11.9. The zero-order valence-corrected chi connectivity index (χ0v) is 11.5. The van der Waals surface area contributed by atoms with E-state index in [-0.39, 0.29) is 0 Å². The first-order valence-electron chi connectivity index (χ1n) is 5.82. The maximum Gasteiger partial charge on any atom is 0.323 e.